The van der Waals surface area contributed by atoms with Gasteiger partial charge in [0.05, 0.1) is 12.1 Å². The molecular formula is C11H16BrNO. The van der Waals surface area contributed by atoms with Crippen LogP contribution in [0.2, 0.25) is 0 Å². The summed E-state index contributed by atoms with van der Waals surface area (Å²) in [4.78, 5) is 2.19. The van der Waals surface area contributed by atoms with Gasteiger partial charge in [0, 0.05) is 6.54 Å². The van der Waals surface area contributed by atoms with Crippen molar-refractivity contribution in [2.45, 2.75) is 13.5 Å². The number of alkyl halides is 1. The highest BCUT2D eigenvalue weighted by Gasteiger charge is 1.98. The van der Waals surface area contributed by atoms with Crippen LogP contribution in [0.1, 0.15) is 12.5 Å². The molecule has 2 nitrogen and oxygen atoms in total. The Morgan fingerprint density at radius 3 is 2.43 bits per heavy atom. The highest BCUT2D eigenvalue weighted by atomic mass is 79.9. The molecule has 0 fully saturated rings. The fourth-order valence-corrected chi connectivity index (χ4v) is 1.39. The van der Waals surface area contributed by atoms with Crippen LogP contribution >= 0.6 is 15.9 Å². The minimum atomic E-state index is 0.723. The van der Waals surface area contributed by atoms with E-state index in [-0.39, 0.29) is 0 Å². The number of benzene rings is 1. The first-order valence-electron chi connectivity index (χ1n) is 4.72. The Kier molecular flexibility index (Phi) is 4.98. The molecule has 3 heteroatoms. The normalized spacial score (nSPS) is 10.6. The second-order valence-electron chi connectivity index (χ2n) is 3.21. The topological polar surface area (TPSA) is 12.5 Å². The standard InChI is InChI=1S/C11H16BrNO/c1-3-14-11-6-4-10(5-7-11)8-13(2)9-12/h4-7H,3,8-9H2,1-2H3. The smallest absolute Gasteiger partial charge is 0.119 e. The van der Waals surface area contributed by atoms with Crippen LogP contribution in [0.4, 0.5) is 0 Å². The van der Waals surface area contributed by atoms with Gasteiger partial charge < -0.3 is 4.74 Å². The van der Waals surface area contributed by atoms with Gasteiger partial charge in [0.2, 0.25) is 0 Å². The SMILES string of the molecule is CCOc1ccc(CN(C)CBr)cc1. The molecule has 0 spiro atoms. The highest BCUT2D eigenvalue weighted by molar-refractivity contribution is 9.09. The molecule has 0 atom stereocenters. The molecule has 0 unspecified atom stereocenters. The second kappa shape index (κ2) is 6.04. The van der Waals surface area contributed by atoms with Crippen molar-refractivity contribution in [3.8, 4) is 5.75 Å². The van der Waals surface area contributed by atoms with Gasteiger partial charge in [-0.1, -0.05) is 28.1 Å². The monoisotopic (exact) mass is 257 g/mol. The number of hydrogen-bond donors (Lipinski definition) is 0. The highest BCUT2D eigenvalue weighted by Crippen LogP contribution is 2.13. The Morgan fingerprint density at radius 2 is 1.93 bits per heavy atom. The van der Waals surface area contributed by atoms with Gasteiger partial charge >= 0.3 is 0 Å². The van der Waals surface area contributed by atoms with Gasteiger partial charge in [-0.2, -0.15) is 0 Å². The van der Waals surface area contributed by atoms with E-state index in [9.17, 15) is 0 Å². The van der Waals surface area contributed by atoms with Crippen LogP contribution in [0.15, 0.2) is 24.3 Å². The zero-order valence-corrected chi connectivity index (χ0v) is 10.3. The lowest BCUT2D eigenvalue weighted by Gasteiger charge is -2.12. The Labute approximate surface area is 94.0 Å². The Bertz CT molecular complexity index is 260. The summed E-state index contributed by atoms with van der Waals surface area (Å²) in [5.41, 5.74) is 2.19. The maximum absolute atomic E-state index is 5.37. The van der Waals surface area contributed by atoms with Gasteiger partial charge in [-0.15, -0.1) is 0 Å². The molecule has 0 radical (unpaired) electrons. The Hall–Kier alpha value is -0.540. The van der Waals surface area contributed by atoms with E-state index in [1.807, 2.05) is 19.1 Å². The van der Waals surface area contributed by atoms with Gasteiger partial charge in [0.25, 0.3) is 0 Å². The van der Waals surface area contributed by atoms with Gasteiger partial charge in [-0.3, -0.25) is 4.90 Å². The number of rotatable bonds is 5. The maximum atomic E-state index is 5.37. The van der Waals surface area contributed by atoms with E-state index in [1.54, 1.807) is 0 Å². The van der Waals surface area contributed by atoms with Crippen molar-refractivity contribution in [3.05, 3.63) is 29.8 Å². The van der Waals surface area contributed by atoms with Crippen molar-refractivity contribution in [2.75, 3.05) is 19.1 Å². The minimum Gasteiger partial charge on any atom is -0.494 e. The average Bonchev–Trinajstić information content (AvgIpc) is 2.21. The molecule has 0 amide bonds. The molecule has 1 rings (SSSR count). The number of hydrogen-bond acceptors (Lipinski definition) is 2. The van der Waals surface area contributed by atoms with Gasteiger partial charge in [0.1, 0.15) is 5.75 Å². The van der Waals surface area contributed by atoms with Crippen LogP contribution in [0.3, 0.4) is 0 Å². The molecule has 14 heavy (non-hydrogen) atoms. The maximum Gasteiger partial charge on any atom is 0.119 e. The summed E-state index contributed by atoms with van der Waals surface area (Å²) in [6, 6.07) is 8.23. The molecular weight excluding hydrogens is 242 g/mol. The zero-order valence-electron chi connectivity index (χ0n) is 8.66. The molecule has 0 heterocycles. The minimum absolute atomic E-state index is 0.723. The van der Waals surface area contributed by atoms with Crippen molar-refractivity contribution < 1.29 is 4.74 Å². The Morgan fingerprint density at radius 1 is 1.29 bits per heavy atom. The van der Waals surface area contributed by atoms with Crippen LogP contribution in [0.25, 0.3) is 0 Å². The molecule has 1 aromatic carbocycles. The molecule has 0 saturated heterocycles. The molecule has 0 aromatic heterocycles. The van der Waals surface area contributed by atoms with Crippen LogP contribution in [-0.2, 0) is 6.54 Å². The van der Waals surface area contributed by atoms with Crippen molar-refractivity contribution in [2.24, 2.45) is 0 Å². The van der Waals surface area contributed by atoms with E-state index in [1.165, 1.54) is 5.56 Å². The molecule has 0 N–H and O–H groups in total. The lowest BCUT2D eigenvalue weighted by atomic mass is 10.2. The third kappa shape index (κ3) is 3.68. The molecule has 78 valence electrons. The van der Waals surface area contributed by atoms with E-state index in [0.717, 1.165) is 24.4 Å². The molecule has 0 aliphatic carbocycles. The first kappa shape index (κ1) is 11.5. The fourth-order valence-electron chi connectivity index (χ4n) is 1.21. The van der Waals surface area contributed by atoms with Crippen molar-refractivity contribution >= 4 is 15.9 Å². The van der Waals surface area contributed by atoms with E-state index in [2.05, 4.69) is 40.0 Å². The number of ether oxygens (including phenoxy) is 1. The Balaban J connectivity index is 2.54. The van der Waals surface area contributed by atoms with Gasteiger partial charge in [0.15, 0.2) is 0 Å². The average molecular weight is 258 g/mol. The van der Waals surface area contributed by atoms with Crippen LogP contribution in [0.5, 0.6) is 5.75 Å². The summed E-state index contributed by atoms with van der Waals surface area (Å²) in [6.07, 6.45) is 0. The van der Waals surface area contributed by atoms with Crippen molar-refractivity contribution in [1.82, 2.24) is 4.90 Å². The lowest BCUT2D eigenvalue weighted by Crippen LogP contribution is -2.14. The van der Waals surface area contributed by atoms with Gasteiger partial charge in [-0.25, -0.2) is 0 Å². The lowest BCUT2D eigenvalue weighted by molar-refractivity contribution is 0.339. The third-order valence-corrected chi connectivity index (χ3v) is 2.75. The van der Waals surface area contributed by atoms with E-state index in [0.29, 0.717) is 0 Å². The molecule has 0 aliphatic rings. The van der Waals surface area contributed by atoms with Crippen LogP contribution in [0, 0.1) is 0 Å². The summed E-state index contributed by atoms with van der Waals surface area (Å²) in [5, 5.41) is 0. The second-order valence-corrected chi connectivity index (χ2v) is 3.71. The number of nitrogens with zero attached hydrogens (tertiary/aromatic N) is 1. The molecule has 0 aliphatic heterocycles. The fraction of sp³-hybridized carbons (Fsp3) is 0.455. The van der Waals surface area contributed by atoms with E-state index >= 15 is 0 Å². The summed E-state index contributed by atoms with van der Waals surface area (Å²) in [7, 11) is 2.07. The predicted molar refractivity (Wildman–Crippen MR) is 62.9 cm³/mol. The molecule has 1 aromatic rings. The number of halogens is 1. The zero-order chi connectivity index (χ0) is 10.4. The first-order chi connectivity index (χ1) is 6.76. The summed E-state index contributed by atoms with van der Waals surface area (Å²) < 4.78 is 5.37. The van der Waals surface area contributed by atoms with Crippen molar-refractivity contribution in [1.29, 1.82) is 0 Å². The third-order valence-electron chi connectivity index (χ3n) is 1.89. The van der Waals surface area contributed by atoms with E-state index < -0.39 is 0 Å². The summed E-state index contributed by atoms with van der Waals surface area (Å²) in [6.45, 7) is 3.67. The van der Waals surface area contributed by atoms with E-state index in [4.69, 9.17) is 4.74 Å². The quantitative estimate of drug-likeness (QED) is 0.594. The summed E-state index contributed by atoms with van der Waals surface area (Å²) >= 11 is 3.41. The van der Waals surface area contributed by atoms with Crippen LogP contribution < -0.4 is 4.74 Å². The van der Waals surface area contributed by atoms with Crippen molar-refractivity contribution in [3.63, 3.8) is 0 Å². The largest absolute Gasteiger partial charge is 0.494 e. The molecule has 0 saturated carbocycles. The first-order valence-corrected chi connectivity index (χ1v) is 5.84. The van der Waals surface area contributed by atoms with Crippen LogP contribution in [-0.4, -0.2) is 24.0 Å². The summed E-state index contributed by atoms with van der Waals surface area (Å²) in [5.74, 6) is 0.942. The predicted octanol–water partition coefficient (Wildman–Crippen LogP) is 2.87. The molecule has 0 bridgehead atoms. The van der Waals surface area contributed by atoms with Gasteiger partial charge in [-0.05, 0) is 31.7 Å².